The Morgan fingerprint density at radius 1 is 1.08 bits per heavy atom. The molecule has 1 atom stereocenters. The summed E-state index contributed by atoms with van der Waals surface area (Å²) >= 11 is 0. The van der Waals surface area contributed by atoms with Gasteiger partial charge in [0.2, 0.25) is 0 Å². The number of rotatable bonds is 5. The van der Waals surface area contributed by atoms with Crippen LogP contribution < -0.4 is 0 Å². The molecule has 2 heteroatoms. The van der Waals surface area contributed by atoms with Crippen molar-refractivity contribution in [3.05, 3.63) is 35.4 Å². The Hall–Kier alpha value is -1.31. The summed E-state index contributed by atoms with van der Waals surface area (Å²) in [6.07, 6.45) is 9.13. The molecule has 4 bridgehead atoms. The predicted octanol–water partition coefficient (Wildman–Crippen LogP) is 6.35. The number of carbonyl (C=O) groups is 1. The van der Waals surface area contributed by atoms with Gasteiger partial charge in [0.15, 0.2) is 0 Å². The van der Waals surface area contributed by atoms with Gasteiger partial charge in [-0.2, -0.15) is 0 Å². The zero-order chi connectivity index (χ0) is 18.5. The predicted molar refractivity (Wildman–Crippen MR) is 105 cm³/mol. The summed E-state index contributed by atoms with van der Waals surface area (Å²) in [5, 5.41) is 0. The first-order valence-electron chi connectivity index (χ1n) is 10.7. The zero-order valence-corrected chi connectivity index (χ0v) is 16.9. The highest BCUT2D eigenvalue weighted by Crippen LogP contribution is 2.64. The number of ether oxygens (including phenoxy) is 1. The highest BCUT2D eigenvalue weighted by atomic mass is 16.6. The zero-order valence-electron chi connectivity index (χ0n) is 16.9. The quantitative estimate of drug-likeness (QED) is 0.576. The first-order valence-corrected chi connectivity index (χ1v) is 10.7. The van der Waals surface area contributed by atoms with Crippen molar-refractivity contribution in [2.24, 2.45) is 23.2 Å². The summed E-state index contributed by atoms with van der Waals surface area (Å²) in [4.78, 5) is 12.9. The van der Waals surface area contributed by atoms with Crippen LogP contribution in [0.4, 0.5) is 0 Å². The molecule has 2 nitrogen and oxygen atoms in total. The minimum absolute atomic E-state index is 0.151. The van der Waals surface area contributed by atoms with Crippen LogP contribution in [0.1, 0.15) is 94.5 Å². The fourth-order valence-electron chi connectivity index (χ4n) is 6.43. The highest BCUT2D eigenvalue weighted by molar-refractivity contribution is 5.89. The molecule has 4 aliphatic rings. The topological polar surface area (TPSA) is 26.3 Å². The van der Waals surface area contributed by atoms with Gasteiger partial charge < -0.3 is 4.74 Å². The Kier molecular flexibility index (Phi) is 4.44. The van der Waals surface area contributed by atoms with Gasteiger partial charge in [0.05, 0.1) is 5.56 Å². The van der Waals surface area contributed by atoms with Gasteiger partial charge in [-0.3, -0.25) is 0 Å². The summed E-state index contributed by atoms with van der Waals surface area (Å²) < 4.78 is 6.20. The summed E-state index contributed by atoms with van der Waals surface area (Å²) in [5.41, 5.74) is 1.81. The van der Waals surface area contributed by atoms with E-state index in [1.165, 1.54) is 44.1 Å². The van der Waals surface area contributed by atoms with E-state index >= 15 is 0 Å². The molecule has 26 heavy (non-hydrogen) atoms. The molecule has 4 aliphatic carbocycles. The van der Waals surface area contributed by atoms with Gasteiger partial charge in [0.1, 0.15) is 5.60 Å². The molecule has 0 amide bonds. The average molecular weight is 355 g/mol. The van der Waals surface area contributed by atoms with Crippen molar-refractivity contribution in [3.8, 4) is 0 Å². The van der Waals surface area contributed by atoms with Crippen molar-refractivity contribution in [1.29, 1.82) is 0 Å². The largest absolute Gasteiger partial charge is 0.455 e. The van der Waals surface area contributed by atoms with Crippen molar-refractivity contribution in [3.63, 3.8) is 0 Å². The van der Waals surface area contributed by atoms with Gasteiger partial charge in [-0.25, -0.2) is 4.79 Å². The highest BCUT2D eigenvalue weighted by Gasteiger charge is 2.58. The van der Waals surface area contributed by atoms with Crippen molar-refractivity contribution >= 4 is 5.97 Å². The van der Waals surface area contributed by atoms with E-state index in [-0.39, 0.29) is 17.0 Å². The summed E-state index contributed by atoms with van der Waals surface area (Å²) in [6, 6.07) is 8.06. The van der Waals surface area contributed by atoms with E-state index < -0.39 is 0 Å². The first-order chi connectivity index (χ1) is 12.3. The lowest BCUT2D eigenvalue weighted by molar-refractivity contribution is -0.164. The van der Waals surface area contributed by atoms with Crippen LogP contribution in [0.5, 0.6) is 0 Å². The van der Waals surface area contributed by atoms with Crippen LogP contribution >= 0.6 is 0 Å². The molecule has 1 aromatic rings. The first kappa shape index (κ1) is 18.1. The van der Waals surface area contributed by atoms with Crippen LogP contribution in [0.25, 0.3) is 0 Å². The number of hydrogen-bond acceptors (Lipinski definition) is 2. The van der Waals surface area contributed by atoms with E-state index in [4.69, 9.17) is 4.74 Å². The van der Waals surface area contributed by atoms with E-state index in [1.807, 2.05) is 12.1 Å². The second-order valence-corrected chi connectivity index (χ2v) is 10.0. The van der Waals surface area contributed by atoms with Gasteiger partial charge in [-0.05, 0) is 100 Å². The van der Waals surface area contributed by atoms with Gasteiger partial charge in [-0.15, -0.1) is 0 Å². The molecule has 0 heterocycles. The third-order valence-electron chi connectivity index (χ3n) is 7.99. The molecule has 4 saturated carbocycles. The average Bonchev–Trinajstić information content (AvgIpc) is 2.59. The fraction of sp³-hybridized carbons (Fsp3) is 0.708. The third kappa shape index (κ3) is 3.00. The smallest absolute Gasteiger partial charge is 0.338 e. The molecular weight excluding hydrogens is 320 g/mol. The standard InChI is InChI=1S/C24H34O2/c1-5-16(2)20-6-8-21(9-7-20)22(25)26-23(3,4)24-13-17-10-18(14-24)12-19(11-17)15-24/h6-9,16-19H,5,10-15H2,1-4H3. The van der Waals surface area contributed by atoms with Gasteiger partial charge in [-0.1, -0.05) is 26.0 Å². The number of carbonyl (C=O) groups excluding carboxylic acids is 1. The SMILES string of the molecule is CCC(C)c1ccc(C(=O)OC(C)(C)C23CC4CC(CC(C4)C2)C3)cc1. The van der Waals surface area contributed by atoms with Gasteiger partial charge in [0, 0.05) is 5.41 Å². The maximum Gasteiger partial charge on any atom is 0.338 e. The summed E-state index contributed by atoms with van der Waals surface area (Å²) in [5.74, 6) is 2.99. The Morgan fingerprint density at radius 2 is 1.58 bits per heavy atom. The van der Waals surface area contributed by atoms with Crippen LogP contribution in [-0.2, 0) is 4.74 Å². The minimum atomic E-state index is -0.379. The monoisotopic (exact) mass is 354 g/mol. The van der Waals surface area contributed by atoms with Crippen molar-refractivity contribution in [1.82, 2.24) is 0 Å². The van der Waals surface area contributed by atoms with Gasteiger partial charge >= 0.3 is 5.97 Å². The molecule has 0 saturated heterocycles. The lowest BCUT2D eigenvalue weighted by Gasteiger charge is -2.61. The second kappa shape index (κ2) is 6.39. The molecule has 0 aromatic heterocycles. The van der Waals surface area contributed by atoms with E-state index in [0.29, 0.717) is 11.5 Å². The minimum Gasteiger partial charge on any atom is -0.455 e. The number of esters is 1. The van der Waals surface area contributed by atoms with Crippen LogP contribution in [0, 0.1) is 23.2 Å². The molecule has 0 aliphatic heterocycles. The molecular formula is C24H34O2. The molecule has 0 radical (unpaired) electrons. The molecule has 5 rings (SSSR count). The van der Waals surface area contributed by atoms with Crippen molar-refractivity contribution < 1.29 is 9.53 Å². The normalized spacial score (nSPS) is 33.9. The summed E-state index contributed by atoms with van der Waals surface area (Å²) in [6.45, 7) is 8.77. The lowest BCUT2D eigenvalue weighted by atomic mass is 9.46. The molecule has 0 spiro atoms. The molecule has 1 unspecified atom stereocenters. The Morgan fingerprint density at radius 3 is 2.04 bits per heavy atom. The molecule has 142 valence electrons. The maximum atomic E-state index is 12.9. The maximum absolute atomic E-state index is 12.9. The number of benzene rings is 1. The third-order valence-corrected chi connectivity index (χ3v) is 7.99. The number of hydrogen-bond donors (Lipinski definition) is 0. The van der Waals surface area contributed by atoms with Crippen LogP contribution in [-0.4, -0.2) is 11.6 Å². The molecule has 1 aromatic carbocycles. The van der Waals surface area contributed by atoms with E-state index in [2.05, 4.69) is 39.8 Å². The van der Waals surface area contributed by atoms with E-state index in [1.54, 1.807) is 0 Å². The second-order valence-electron chi connectivity index (χ2n) is 10.0. The Bertz CT molecular complexity index is 635. The van der Waals surface area contributed by atoms with E-state index in [0.717, 1.165) is 24.2 Å². The molecule has 4 fully saturated rings. The van der Waals surface area contributed by atoms with Crippen molar-refractivity contribution in [2.45, 2.75) is 84.2 Å². The van der Waals surface area contributed by atoms with Gasteiger partial charge in [0.25, 0.3) is 0 Å². The lowest BCUT2D eigenvalue weighted by Crippen LogP contribution is -2.57. The Labute approximate surface area is 158 Å². The van der Waals surface area contributed by atoms with E-state index in [9.17, 15) is 4.79 Å². The summed E-state index contributed by atoms with van der Waals surface area (Å²) in [7, 11) is 0. The van der Waals surface area contributed by atoms with Crippen molar-refractivity contribution in [2.75, 3.05) is 0 Å². The van der Waals surface area contributed by atoms with Crippen LogP contribution in [0.2, 0.25) is 0 Å². The van der Waals surface area contributed by atoms with Crippen LogP contribution in [0.3, 0.4) is 0 Å². The molecule has 0 N–H and O–H groups in total. The fourth-order valence-corrected chi connectivity index (χ4v) is 6.43. The Balaban J connectivity index is 1.50. The van der Waals surface area contributed by atoms with Crippen LogP contribution in [0.15, 0.2) is 24.3 Å².